The molecule has 1 atom stereocenters. The fourth-order valence-corrected chi connectivity index (χ4v) is 1.53. The maximum Gasteiger partial charge on any atom is 0.241 e. The first-order valence-corrected chi connectivity index (χ1v) is 5.99. The Hall–Kier alpha value is -0.770. The molecule has 1 rings (SSSR count). The average Bonchev–Trinajstić information content (AvgIpc) is 2.21. The minimum Gasteiger partial charge on any atom is -0.323 e. The summed E-state index contributed by atoms with van der Waals surface area (Å²) in [5.41, 5.74) is 6.01. The largest absolute Gasteiger partial charge is 0.323 e. The normalized spacial score (nSPS) is 13.3. The molecule has 1 aromatic carbocycles. The minimum absolute atomic E-state index is 0.276. The number of carbonyl (C=O) groups is 1. The van der Waals surface area contributed by atoms with Gasteiger partial charge in [0.1, 0.15) is 0 Å². The predicted octanol–water partition coefficient (Wildman–Crippen LogP) is 3.31. The van der Waals surface area contributed by atoms with E-state index in [4.69, 9.17) is 28.9 Å². The lowest BCUT2D eigenvalue weighted by Crippen LogP contribution is -2.45. The fourth-order valence-electron chi connectivity index (χ4n) is 1.20. The number of anilines is 1. The molecule has 17 heavy (non-hydrogen) atoms. The molecule has 0 saturated heterocycles. The third kappa shape index (κ3) is 3.87. The van der Waals surface area contributed by atoms with Gasteiger partial charge in [-0.05, 0) is 23.6 Å². The average molecular weight is 275 g/mol. The van der Waals surface area contributed by atoms with E-state index in [0.717, 1.165) is 0 Å². The van der Waals surface area contributed by atoms with Crippen molar-refractivity contribution in [3.8, 4) is 0 Å². The molecule has 94 valence electrons. The second-order valence-electron chi connectivity index (χ2n) is 4.96. The molecule has 1 aromatic rings. The lowest BCUT2D eigenvalue weighted by molar-refractivity contribution is -0.119. The van der Waals surface area contributed by atoms with Crippen LogP contribution in [-0.4, -0.2) is 11.9 Å². The summed E-state index contributed by atoms with van der Waals surface area (Å²) in [5, 5.41) is 3.62. The SMILES string of the molecule is CC(C)(C)[C@@H](N)C(=O)Nc1cc(Cl)ccc1Cl. The molecule has 1 amide bonds. The Morgan fingerprint density at radius 2 is 1.94 bits per heavy atom. The molecular weight excluding hydrogens is 259 g/mol. The predicted molar refractivity (Wildman–Crippen MR) is 72.5 cm³/mol. The van der Waals surface area contributed by atoms with Crippen LogP contribution in [0.15, 0.2) is 18.2 Å². The minimum atomic E-state index is -0.613. The number of nitrogens with two attached hydrogens (primary N) is 1. The zero-order valence-electron chi connectivity index (χ0n) is 10.1. The number of hydrogen-bond donors (Lipinski definition) is 2. The first-order chi connectivity index (χ1) is 7.71. The van der Waals surface area contributed by atoms with Crippen molar-refractivity contribution < 1.29 is 4.79 Å². The van der Waals surface area contributed by atoms with Crippen LogP contribution in [0.25, 0.3) is 0 Å². The number of nitrogens with one attached hydrogen (secondary N) is 1. The molecule has 0 bridgehead atoms. The molecule has 0 heterocycles. The van der Waals surface area contributed by atoms with E-state index >= 15 is 0 Å². The van der Waals surface area contributed by atoms with E-state index in [1.54, 1.807) is 18.2 Å². The Morgan fingerprint density at radius 1 is 1.35 bits per heavy atom. The van der Waals surface area contributed by atoms with Crippen LogP contribution < -0.4 is 11.1 Å². The van der Waals surface area contributed by atoms with Crippen molar-refractivity contribution in [2.45, 2.75) is 26.8 Å². The topological polar surface area (TPSA) is 55.1 Å². The molecule has 0 unspecified atom stereocenters. The van der Waals surface area contributed by atoms with Crippen molar-refractivity contribution in [3.05, 3.63) is 28.2 Å². The van der Waals surface area contributed by atoms with Crippen molar-refractivity contribution in [1.82, 2.24) is 0 Å². The molecule has 0 aliphatic rings. The Bertz CT molecular complexity index is 427. The van der Waals surface area contributed by atoms with Crippen LogP contribution in [0.3, 0.4) is 0 Å². The maximum atomic E-state index is 11.9. The fraction of sp³-hybridized carbons (Fsp3) is 0.417. The highest BCUT2D eigenvalue weighted by atomic mass is 35.5. The van der Waals surface area contributed by atoms with E-state index in [0.29, 0.717) is 15.7 Å². The first kappa shape index (κ1) is 14.3. The van der Waals surface area contributed by atoms with E-state index in [9.17, 15) is 4.79 Å². The molecule has 0 saturated carbocycles. The summed E-state index contributed by atoms with van der Waals surface area (Å²) in [6, 6.07) is 4.26. The van der Waals surface area contributed by atoms with Crippen LogP contribution in [-0.2, 0) is 4.79 Å². The van der Waals surface area contributed by atoms with Gasteiger partial charge in [0, 0.05) is 5.02 Å². The maximum absolute atomic E-state index is 11.9. The second kappa shape index (κ2) is 5.25. The van der Waals surface area contributed by atoms with Crippen molar-refractivity contribution >= 4 is 34.8 Å². The number of halogens is 2. The second-order valence-corrected chi connectivity index (χ2v) is 5.80. The number of hydrogen-bond acceptors (Lipinski definition) is 2. The number of benzene rings is 1. The van der Waals surface area contributed by atoms with Gasteiger partial charge in [-0.25, -0.2) is 0 Å². The van der Waals surface area contributed by atoms with Gasteiger partial charge in [0.15, 0.2) is 0 Å². The van der Waals surface area contributed by atoms with E-state index < -0.39 is 6.04 Å². The lowest BCUT2D eigenvalue weighted by Gasteiger charge is -2.26. The van der Waals surface area contributed by atoms with E-state index in [1.807, 2.05) is 20.8 Å². The third-order valence-corrected chi connectivity index (χ3v) is 2.97. The Balaban J connectivity index is 2.85. The van der Waals surface area contributed by atoms with E-state index in [1.165, 1.54) is 0 Å². The summed E-state index contributed by atoms with van der Waals surface area (Å²) >= 11 is 11.8. The standard InChI is InChI=1S/C12H16Cl2N2O/c1-12(2,3)10(15)11(17)16-9-6-7(13)4-5-8(9)14/h4-6,10H,15H2,1-3H3,(H,16,17)/t10-/m0/s1. The monoisotopic (exact) mass is 274 g/mol. The van der Waals surface area contributed by atoms with Crippen LogP contribution in [0.1, 0.15) is 20.8 Å². The Labute approximate surface area is 111 Å². The first-order valence-electron chi connectivity index (χ1n) is 5.23. The van der Waals surface area contributed by atoms with Gasteiger partial charge in [-0.1, -0.05) is 44.0 Å². The van der Waals surface area contributed by atoms with Gasteiger partial charge in [0.25, 0.3) is 0 Å². The van der Waals surface area contributed by atoms with Gasteiger partial charge in [0.05, 0.1) is 16.8 Å². The third-order valence-electron chi connectivity index (χ3n) is 2.40. The zero-order chi connectivity index (χ0) is 13.2. The zero-order valence-corrected chi connectivity index (χ0v) is 11.6. The molecule has 3 nitrogen and oxygen atoms in total. The smallest absolute Gasteiger partial charge is 0.241 e. The molecule has 0 radical (unpaired) electrons. The van der Waals surface area contributed by atoms with Crippen LogP contribution in [0.2, 0.25) is 10.0 Å². The van der Waals surface area contributed by atoms with Gasteiger partial charge >= 0.3 is 0 Å². The van der Waals surface area contributed by atoms with Gasteiger partial charge < -0.3 is 11.1 Å². The van der Waals surface area contributed by atoms with Gasteiger partial charge in [0.2, 0.25) is 5.91 Å². The van der Waals surface area contributed by atoms with Crippen LogP contribution in [0.4, 0.5) is 5.69 Å². The van der Waals surface area contributed by atoms with Crippen LogP contribution in [0, 0.1) is 5.41 Å². The summed E-state index contributed by atoms with van der Waals surface area (Å²) in [5.74, 6) is -0.276. The molecule has 3 N–H and O–H groups in total. The van der Waals surface area contributed by atoms with Crippen molar-refractivity contribution in [1.29, 1.82) is 0 Å². The highest BCUT2D eigenvalue weighted by Crippen LogP contribution is 2.26. The molecule has 0 spiro atoms. The highest BCUT2D eigenvalue weighted by molar-refractivity contribution is 6.35. The van der Waals surface area contributed by atoms with E-state index in [-0.39, 0.29) is 11.3 Å². The number of amides is 1. The molecule has 0 aliphatic carbocycles. The van der Waals surface area contributed by atoms with Gasteiger partial charge in [-0.15, -0.1) is 0 Å². The summed E-state index contributed by atoms with van der Waals surface area (Å²) in [6.07, 6.45) is 0. The van der Waals surface area contributed by atoms with Crippen LogP contribution >= 0.6 is 23.2 Å². The van der Waals surface area contributed by atoms with Gasteiger partial charge in [-0.2, -0.15) is 0 Å². The summed E-state index contributed by atoms with van der Waals surface area (Å²) < 4.78 is 0. The van der Waals surface area contributed by atoms with Crippen molar-refractivity contribution in [2.75, 3.05) is 5.32 Å². The Kier molecular flexibility index (Phi) is 4.42. The number of carbonyl (C=O) groups excluding carboxylic acids is 1. The molecule has 0 aliphatic heterocycles. The molecule has 0 fully saturated rings. The van der Waals surface area contributed by atoms with Crippen molar-refractivity contribution in [3.63, 3.8) is 0 Å². The summed E-state index contributed by atoms with van der Waals surface area (Å²) in [7, 11) is 0. The Morgan fingerprint density at radius 3 is 2.47 bits per heavy atom. The lowest BCUT2D eigenvalue weighted by atomic mass is 9.87. The summed E-state index contributed by atoms with van der Waals surface area (Å²) in [6.45, 7) is 5.70. The molecular formula is C12H16Cl2N2O. The van der Waals surface area contributed by atoms with Crippen molar-refractivity contribution in [2.24, 2.45) is 11.1 Å². The van der Waals surface area contributed by atoms with Crippen LogP contribution in [0.5, 0.6) is 0 Å². The molecule has 5 heteroatoms. The van der Waals surface area contributed by atoms with Gasteiger partial charge in [-0.3, -0.25) is 4.79 Å². The van der Waals surface area contributed by atoms with E-state index in [2.05, 4.69) is 5.32 Å². The summed E-state index contributed by atoms with van der Waals surface area (Å²) in [4.78, 5) is 11.9. The quantitative estimate of drug-likeness (QED) is 0.870. The molecule has 0 aromatic heterocycles. The highest BCUT2D eigenvalue weighted by Gasteiger charge is 2.27. The number of rotatable bonds is 2.